The lowest BCUT2D eigenvalue weighted by Gasteiger charge is -2.17. The summed E-state index contributed by atoms with van der Waals surface area (Å²) in [5.74, 6) is 0. The van der Waals surface area contributed by atoms with Crippen molar-refractivity contribution in [2.75, 3.05) is 11.9 Å². The van der Waals surface area contributed by atoms with Crippen LogP contribution in [0.2, 0.25) is 5.02 Å². The maximum absolute atomic E-state index is 10.3. The second kappa shape index (κ2) is 6.37. The van der Waals surface area contributed by atoms with Gasteiger partial charge in [0.15, 0.2) is 0 Å². The average molecular weight is 283 g/mol. The van der Waals surface area contributed by atoms with Gasteiger partial charge in [0.2, 0.25) is 0 Å². The Balaban J connectivity index is 2.09. The number of thiazole rings is 1. The van der Waals surface area contributed by atoms with Gasteiger partial charge >= 0.3 is 0 Å². The molecule has 18 heavy (non-hydrogen) atoms. The zero-order chi connectivity index (χ0) is 12.8. The van der Waals surface area contributed by atoms with Gasteiger partial charge in [-0.3, -0.25) is 9.78 Å². The minimum absolute atomic E-state index is 0.108. The van der Waals surface area contributed by atoms with Crippen LogP contribution in [-0.2, 0) is 9.53 Å². The number of benzene rings is 1. The highest BCUT2D eigenvalue weighted by molar-refractivity contribution is 7.09. The molecule has 1 aromatic heterocycles. The fraction of sp³-hybridized carbons (Fsp3) is 0.167. The van der Waals surface area contributed by atoms with Crippen LogP contribution in [-0.4, -0.2) is 18.1 Å². The normalized spacial score (nSPS) is 11.8. The number of anilines is 1. The molecule has 0 aliphatic rings. The zero-order valence-electron chi connectivity index (χ0n) is 9.38. The Morgan fingerprint density at radius 1 is 1.44 bits per heavy atom. The Kier molecular flexibility index (Phi) is 4.55. The third kappa shape index (κ3) is 3.45. The van der Waals surface area contributed by atoms with E-state index in [0.29, 0.717) is 11.5 Å². The van der Waals surface area contributed by atoms with E-state index in [0.717, 1.165) is 10.6 Å². The van der Waals surface area contributed by atoms with Gasteiger partial charge in [-0.1, -0.05) is 11.6 Å². The Morgan fingerprint density at radius 2 is 2.22 bits per heavy atom. The fourth-order valence-electron chi connectivity index (χ4n) is 1.48. The molecule has 1 aromatic carbocycles. The Hall–Kier alpha value is -1.59. The molecule has 6 heteroatoms. The molecule has 2 aromatic rings. The minimum atomic E-state index is -0.108. The number of ether oxygens (including phenoxy) is 1. The van der Waals surface area contributed by atoms with Gasteiger partial charge in [0.05, 0.1) is 16.4 Å². The number of carbonyl (C=O) groups excluding carboxylic acids is 1. The van der Waals surface area contributed by atoms with Gasteiger partial charge in [0.1, 0.15) is 6.61 Å². The predicted octanol–water partition coefficient (Wildman–Crippen LogP) is 3.12. The van der Waals surface area contributed by atoms with Gasteiger partial charge < -0.3 is 10.1 Å². The summed E-state index contributed by atoms with van der Waals surface area (Å²) in [5, 5.41) is 3.95. The number of halogens is 1. The van der Waals surface area contributed by atoms with Gasteiger partial charge in [-0.15, -0.1) is 11.3 Å². The Bertz CT molecular complexity index is 487. The number of nitrogens with zero attached hydrogens (tertiary/aromatic N) is 1. The molecule has 4 nitrogen and oxygen atoms in total. The number of aromatic nitrogens is 1. The Labute approximate surface area is 114 Å². The van der Waals surface area contributed by atoms with Crippen LogP contribution in [0.25, 0.3) is 0 Å². The molecule has 1 atom stereocenters. The van der Waals surface area contributed by atoms with Gasteiger partial charge in [-0.25, -0.2) is 0 Å². The summed E-state index contributed by atoms with van der Waals surface area (Å²) in [7, 11) is 0. The molecular weight excluding hydrogens is 272 g/mol. The smallest absolute Gasteiger partial charge is 0.293 e. The number of rotatable bonds is 6. The number of carbonyl (C=O) groups is 1. The van der Waals surface area contributed by atoms with Crippen molar-refractivity contribution in [3.05, 3.63) is 45.9 Å². The first kappa shape index (κ1) is 12.9. The predicted molar refractivity (Wildman–Crippen MR) is 71.9 cm³/mol. The summed E-state index contributed by atoms with van der Waals surface area (Å²) in [6, 6.07) is 7.24. The molecule has 0 aliphatic carbocycles. The van der Waals surface area contributed by atoms with Crippen LogP contribution in [0.4, 0.5) is 5.69 Å². The zero-order valence-corrected chi connectivity index (χ0v) is 10.9. The van der Waals surface area contributed by atoms with Gasteiger partial charge in [-0.2, -0.15) is 0 Å². The van der Waals surface area contributed by atoms with E-state index in [4.69, 9.17) is 16.3 Å². The molecule has 0 saturated carbocycles. The van der Waals surface area contributed by atoms with Crippen LogP contribution in [0.15, 0.2) is 36.0 Å². The van der Waals surface area contributed by atoms with Gasteiger partial charge in [-0.05, 0) is 24.3 Å². The summed E-state index contributed by atoms with van der Waals surface area (Å²) in [6.45, 7) is 0.700. The van der Waals surface area contributed by atoms with E-state index >= 15 is 0 Å². The minimum Gasteiger partial charge on any atom is -0.465 e. The molecule has 1 unspecified atom stereocenters. The van der Waals surface area contributed by atoms with Crippen LogP contribution in [0.1, 0.15) is 10.9 Å². The molecule has 1 heterocycles. The van der Waals surface area contributed by atoms with Gasteiger partial charge in [0.25, 0.3) is 6.47 Å². The lowest BCUT2D eigenvalue weighted by molar-refractivity contribution is -0.129. The Morgan fingerprint density at radius 3 is 2.83 bits per heavy atom. The first-order chi connectivity index (χ1) is 8.79. The summed E-state index contributed by atoms with van der Waals surface area (Å²) in [4.78, 5) is 15.3. The van der Waals surface area contributed by atoms with Crippen molar-refractivity contribution in [3.63, 3.8) is 0 Å². The van der Waals surface area contributed by atoms with E-state index in [-0.39, 0.29) is 12.6 Å². The summed E-state index contributed by atoms with van der Waals surface area (Å²) in [6.07, 6.45) is 1.76. The standard InChI is InChI=1S/C12H11ClN2O2S/c13-9-1-3-10(4-2-9)15-11(6-17-8-16)12-5-14-7-18-12/h1-5,7-8,11,15H,6H2. The van der Waals surface area contributed by atoms with Crippen LogP contribution < -0.4 is 5.32 Å². The highest BCUT2D eigenvalue weighted by Gasteiger charge is 2.13. The molecule has 0 spiro atoms. The van der Waals surface area contributed by atoms with E-state index in [1.54, 1.807) is 23.8 Å². The maximum Gasteiger partial charge on any atom is 0.293 e. The molecule has 0 bridgehead atoms. The summed E-state index contributed by atoms with van der Waals surface area (Å²) >= 11 is 7.33. The number of nitrogens with one attached hydrogen (secondary N) is 1. The largest absolute Gasteiger partial charge is 0.465 e. The molecule has 0 saturated heterocycles. The monoisotopic (exact) mass is 282 g/mol. The first-order valence-electron chi connectivity index (χ1n) is 5.25. The van der Waals surface area contributed by atoms with E-state index in [9.17, 15) is 4.79 Å². The molecule has 0 amide bonds. The van der Waals surface area contributed by atoms with Crippen LogP contribution in [0, 0.1) is 0 Å². The third-order valence-electron chi connectivity index (χ3n) is 2.31. The number of hydrogen-bond acceptors (Lipinski definition) is 5. The maximum atomic E-state index is 10.3. The molecule has 0 fully saturated rings. The van der Waals surface area contributed by atoms with Crippen LogP contribution in [0.5, 0.6) is 0 Å². The van der Waals surface area contributed by atoms with E-state index < -0.39 is 0 Å². The van der Waals surface area contributed by atoms with E-state index in [1.165, 1.54) is 11.3 Å². The van der Waals surface area contributed by atoms with Crippen molar-refractivity contribution >= 4 is 35.1 Å². The number of hydrogen-bond donors (Lipinski definition) is 1. The van der Waals surface area contributed by atoms with Crippen molar-refractivity contribution in [1.29, 1.82) is 0 Å². The van der Waals surface area contributed by atoms with Crippen molar-refractivity contribution in [2.45, 2.75) is 6.04 Å². The molecule has 94 valence electrons. The third-order valence-corrected chi connectivity index (χ3v) is 3.45. The van der Waals surface area contributed by atoms with Crippen molar-refractivity contribution < 1.29 is 9.53 Å². The molecule has 1 N–H and O–H groups in total. The molecule has 0 radical (unpaired) electrons. The van der Waals surface area contributed by atoms with Crippen LogP contribution in [0.3, 0.4) is 0 Å². The average Bonchev–Trinajstić information content (AvgIpc) is 2.90. The van der Waals surface area contributed by atoms with Crippen molar-refractivity contribution in [3.8, 4) is 0 Å². The quantitative estimate of drug-likeness (QED) is 0.827. The van der Waals surface area contributed by atoms with E-state index in [1.807, 2.05) is 12.1 Å². The summed E-state index contributed by atoms with van der Waals surface area (Å²) < 4.78 is 4.83. The van der Waals surface area contributed by atoms with Crippen molar-refractivity contribution in [2.24, 2.45) is 0 Å². The second-order valence-electron chi connectivity index (χ2n) is 3.54. The second-order valence-corrected chi connectivity index (χ2v) is 4.89. The van der Waals surface area contributed by atoms with Gasteiger partial charge in [0, 0.05) is 16.9 Å². The molecule has 0 aliphatic heterocycles. The molecular formula is C12H11ClN2O2S. The highest BCUT2D eigenvalue weighted by Crippen LogP contribution is 2.23. The topological polar surface area (TPSA) is 51.2 Å². The SMILES string of the molecule is O=COCC(Nc1ccc(Cl)cc1)c1cncs1. The van der Waals surface area contributed by atoms with Crippen molar-refractivity contribution in [1.82, 2.24) is 4.98 Å². The van der Waals surface area contributed by atoms with Crippen LogP contribution >= 0.6 is 22.9 Å². The summed E-state index contributed by atoms with van der Waals surface area (Å²) in [5.41, 5.74) is 2.65. The highest BCUT2D eigenvalue weighted by atomic mass is 35.5. The fourth-order valence-corrected chi connectivity index (χ4v) is 2.26. The lowest BCUT2D eigenvalue weighted by Crippen LogP contribution is -2.15. The first-order valence-corrected chi connectivity index (χ1v) is 6.51. The lowest BCUT2D eigenvalue weighted by atomic mass is 10.2. The molecule has 2 rings (SSSR count). The van der Waals surface area contributed by atoms with E-state index in [2.05, 4.69) is 10.3 Å².